The standard InChI is InChI=1S/C29H20BrClFNOS.C16H11Br2NS.C16H12BrNOS.C16H13NOS.C13H10BClFO3.C9H6BrNO.C5H6Cl2N2O2.BHNS.Br3OP/c1-34-28-15-23(19-8-5-9-20(32)12-19)26(31)14-24(28)29-22-11-10-21(13-27(22)33-16-25(29)30)35-17-18-6-3-2-4-7-18;17-14-9-19-15-8-12(6-7-13(15)16(14)18)20-10-11-4-2-1-3-5-11;17-14-9-18-15-8-12(6-7-13(15)16(14)19)20-10-11-4-2-1-3-5-11;18-16-8-9-17-15-10-13(6-7-14(15)16)19-11-12-4-2-1-3-5-12;1-18-12-6-10(8-3-2-4-9(16)5-8)11(15)7-13(12)19-14-17;10-6-1-2-7-8(5-6)11-4-3-9(7)12;1-5(2)3(10)8(6)4(11)9(5)7;1-2-3;1-5(2,3)4/h2-16H,17H2,1H3;1-9H,10H2;1-9H,10H2,(H,18,19);1-10H,11H2,(H,17,18);2-7,17H,1H3;1-5H,(H,11,12);1-2H3;3H;. The maximum atomic E-state index is 13.8. The topological polar surface area (TPSA) is 242 Å². The zero-order valence-electron chi connectivity index (χ0n) is 75.8. The Kier molecular flexibility index (Phi) is 46.0. The third-order valence-corrected chi connectivity index (χ3v) is 30.0. The number of fused-ring (bicyclic) bond motifs is 5. The molecule has 1 aliphatic rings. The van der Waals surface area contributed by atoms with E-state index in [1.807, 2.05) is 133 Å². The number of hydrogen-bond donors (Lipinski definition) is 5. The first-order valence-corrected chi connectivity index (χ1v) is 59.9. The molecule has 0 atom stereocenters. The number of methoxy groups -OCH3 is 2. The predicted octanol–water partition coefficient (Wildman–Crippen LogP) is 34.0. The fraction of sp³-hybridized carbons (Fsp3) is 0.0865. The van der Waals surface area contributed by atoms with Gasteiger partial charge in [-0.05, 0) is 232 Å². The van der Waals surface area contributed by atoms with E-state index in [9.17, 15) is 37.3 Å². The number of imide groups is 1. The quantitative estimate of drug-likeness (QED) is 0.0126. The number of carbonyl (C=O) groups excluding carboxylic acids is 2. The van der Waals surface area contributed by atoms with Crippen LogP contribution in [0, 0.1) is 11.6 Å². The molecule has 13 aromatic carbocycles. The molecule has 19 rings (SSSR count). The van der Waals surface area contributed by atoms with Crippen LogP contribution >= 0.6 is 236 Å². The van der Waals surface area contributed by atoms with Crippen molar-refractivity contribution in [2.24, 2.45) is 4.30 Å². The van der Waals surface area contributed by atoms with E-state index in [2.05, 4.69) is 285 Å². The summed E-state index contributed by atoms with van der Waals surface area (Å²) in [6.07, 6.45) is 8.67. The van der Waals surface area contributed by atoms with Gasteiger partial charge in [0.2, 0.25) is 5.43 Å². The number of ether oxygens (including phenoxy) is 2. The van der Waals surface area contributed by atoms with Crippen LogP contribution in [0.4, 0.5) is 13.6 Å². The van der Waals surface area contributed by atoms with Gasteiger partial charge in [0.1, 0.15) is 28.7 Å². The molecule has 0 unspecified atom stereocenters. The van der Waals surface area contributed by atoms with Gasteiger partial charge in [0, 0.05) is 229 Å². The summed E-state index contributed by atoms with van der Waals surface area (Å²) in [5.41, 5.74) is 13.2. The molecule has 4 N–H and O–H groups in total. The van der Waals surface area contributed by atoms with E-state index in [-0.39, 0.29) is 33.7 Å². The summed E-state index contributed by atoms with van der Waals surface area (Å²) < 4.78 is 59.0. The van der Waals surface area contributed by atoms with Crippen LogP contribution in [-0.2, 0) is 32.4 Å². The van der Waals surface area contributed by atoms with Crippen molar-refractivity contribution in [3.8, 4) is 50.6 Å². The predicted molar refractivity (Wildman–Crippen MR) is 626 cm³/mol. The Labute approximate surface area is 939 Å². The molecule has 1 aliphatic heterocycles. The Bertz CT molecular complexity index is 7790. The van der Waals surface area contributed by atoms with Crippen LogP contribution in [0.1, 0.15) is 36.1 Å². The van der Waals surface area contributed by atoms with E-state index in [1.54, 1.807) is 104 Å². The van der Waals surface area contributed by atoms with Gasteiger partial charge in [-0.1, -0.05) is 197 Å². The van der Waals surface area contributed by atoms with Crippen molar-refractivity contribution in [2.75, 3.05) is 14.2 Å². The van der Waals surface area contributed by atoms with Crippen molar-refractivity contribution in [1.82, 2.24) is 33.8 Å². The van der Waals surface area contributed by atoms with E-state index in [1.165, 1.54) is 89.4 Å². The van der Waals surface area contributed by atoms with E-state index < -0.39 is 20.7 Å². The van der Waals surface area contributed by atoms with E-state index >= 15 is 0 Å². The molecule has 40 heteroatoms. The zero-order chi connectivity index (χ0) is 104. The summed E-state index contributed by atoms with van der Waals surface area (Å²) in [7, 11) is 7.96. The van der Waals surface area contributed by atoms with Gasteiger partial charge in [0.05, 0.1) is 55.8 Å². The molecule has 0 spiro atoms. The van der Waals surface area contributed by atoms with Crippen molar-refractivity contribution in [3.63, 3.8) is 0 Å². The van der Waals surface area contributed by atoms with Gasteiger partial charge in [-0.25, -0.2) is 18.0 Å². The number of carbonyl (C=O) groups is 2. The molecule has 734 valence electrons. The van der Waals surface area contributed by atoms with Gasteiger partial charge < -0.3 is 34.1 Å². The maximum absolute atomic E-state index is 13.8. The Balaban J connectivity index is 0.000000162. The van der Waals surface area contributed by atoms with Crippen LogP contribution in [0.25, 0.3) is 87.9 Å². The summed E-state index contributed by atoms with van der Waals surface area (Å²) in [6, 6.07) is 93.4. The fourth-order valence-corrected chi connectivity index (χ4v) is 20.1. The number of urea groups is 1. The summed E-state index contributed by atoms with van der Waals surface area (Å²) in [6.45, 7) is 3.03. The van der Waals surface area contributed by atoms with E-state index in [0.717, 1.165) is 115 Å². The molecule has 1 saturated heterocycles. The molecular formula is C104H79B2Br8Cl4F2N8O10PS5. The summed E-state index contributed by atoms with van der Waals surface area (Å²) in [5, 5.41) is 13.8. The van der Waals surface area contributed by atoms with Crippen molar-refractivity contribution >= 4 is 318 Å². The number of pyridine rings is 5. The second-order valence-electron chi connectivity index (χ2n) is 30.6. The van der Waals surface area contributed by atoms with Crippen molar-refractivity contribution < 1.29 is 42.1 Å². The second-order valence-corrected chi connectivity index (χ2v) is 59.1. The van der Waals surface area contributed by atoms with Gasteiger partial charge in [-0.15, -0.1) is 47.0 Å². The van der Waals surface area contributed by atoms with Crippen LogP contribution in [-0.4, -0.2) is 85.8 Å². The first kappa shape index (κ1) is 116. The van der Waals surface area contributed by atoms with Gasteiger partial charge in [0.15, 0.2) is 16.6 Å². The van der Waals surface area contributed by atoms with Crippen LogP contribution in [0.15, 0.2) is 389 Å². The van der Waals surface area contributed by atoms with Crippen molar-refractivity contribution in [1.29, 1.82) is 0 Å². The van der Waals surface area contributed by atoms with Gasteiger partial charge >= 0.3 is 38.5 Å². The van der Waals surface area contributed by atoms with E-state index in [0.29, 0.717) is 65.8 Å². The SMILES string of the molecule is Brc1cnc2cc(SCc3ccccc3)ccc2c1Br.CC1(C)C(=O)N(Cl)C(=O)N1Cl.COc1cc(-c2cccc(F)c2)c(Cl)cc1-c1c(Br)cnc2cc(SCc3ccccc3)ccc12.COc1cc(-c2cccc(F)c2)c(Cl)cc1O[B]O.O=P(Br)(Br)Br.O=c1c(Br)c[nH]c2cc(SCc3ccccc3)ccc12.O=c1cc[nH]c2cc(Br)ccc12.O=c1cc[nH]c2cc(SCc3ccccc3)ccc12.[B]=NS. The average Bonchev–Trinajstić information content (AvgIpc) is 1.05. The third kappa shape index (κ3) is 34.0. The van der Waals surface area contributed by atoms with E-state index in [4.69, 9.17) is 65.9 Å². The number of aromatic amines is 3. The number of nitrogens with one attached hydrogen (secondary N) is 3. The summed E-state index contributed by atoms with van der Waals surface area (Å²) in [4.78, 5) is 79.9. The molecule has 144 heavy (non-hydrogen) atoms. The van der Waals surface area contributed by atoms with Crippen LogP contribution in [0.2, 0.25) is 10.0 Å². The van der Waals surface area contributed by atoms with Crippen molar-refractivity contribution in [3.05, 3.63) is 425 Å². The Morgan fingerprint density at radius 3 is 1.29 bits per heavy atom. The fourth-order valence-electron chi connectivity index (χ4n) is 13.6. The molecule has 0 aliphatic carbocycles. The number of thiol groups is 1. The molecule has 6 heterocycles. The molecule has 0 saturated carbocycles. The number of thioether (sulfide) groups is 4. The average molecular weight is 2630 g/mol. The van der Waals surface area contributed by atoms with Crippen LogP contribution in [0.5, 0.6) is 17.2 Å². The molecule has 18 nitrogen and oxygen atoms in total. The summed E-state index contributed by atoms with van der Waals surface area (Å²) >= 11 is 59.6. The Morgan fingerprint density at radius 2 is 0.868 bits per heavy atom. The number of aromatic nitrogens is 5. The first-order valence-electron chi connectivity index (χ1n) is 42.4. The Hall–Kier alpha value is -8.62. The van der Waals surface area contributed by atoms with Crippen molar-refractivity contribution in [2.45, 2.75) is 62.0 Å². The number of rotatable bonds is 19. The number of benzene rings is 13. The number of amides is 3. The summed E-state index contributed by atoms with van der Waals surface area (Å²) in [5.74, 6) is 3.84. The van der Waals surface area contributed by atoms with Gasteiger partial charge in [-0.3, -0.25) is 33.7 Å². The van der Waals surface area contributed by atoms with Gasteiger partial charge in [0.25, 0.3) is 9.16 Å². The Morgan fingerprint density at radius 1 is 0.472 bits per heavy atom. The molecule has 0 bridgehead atoms. The van der Waals surface area contributed by atoms with Crippen LogP contribution in [0.3, 0.4) is 0 Å². The van der Waals surface area contributed by atoms with Gasteiger partial charge in [-0.2, -0.15) is 4.42 Å². The normalized spacial score (nSPS) is 11.6. The molecule has 2 radical (unpaired) electrons. The number of hydrogen-bond acceptors (Lipinski definition) is 18. The molecule has 3 amide bonds. The molecule has 1 fully saturated rings. The minimum absolute atomic E-state index is 0.0263. The first-order chi connectivity index (χ1) is 69.1. The molecule has 5 aromatic heterocycles. The number of nitrogens with zero attached hydrogens (tertiary/aromatic N) is 5. The second kappa shape index (κ2) is 57.2. The zero-order valence-corrected chi connectivity index (χ0v) is 96.6. The molecule has 18 aromatic rings. The number of halogens is 14. The minimum atomic E-state index is -2.20. The molecular weight excluding hydrogens is 2550 g/mol. The number of H-pyrrole nitrogens is 3. The third-order valence-electron chi connectivity index (χ3n) is 20.6. The monoisotopic (exact) mass is 2620 g/mol. The van der Waals surface area contributed by atoms with Crippen LogP contribution < -0.4 is 30.4 Å².